The van der Waals surface area contributed by atoms with Crippen molar-refractivity contribution >= 4 is 5.91 Å². The molecule has 0 saturated heterocycles. The van der Waals surface area contributed by atoms with Crippen molar-refractivity contribution in [1.82, 2.24) is 10.2 Å². The molecule has 0 aromatic rings. The molecule has 0 heterocycles. The zero-order valence-electron chi connectivity index (χ0n) is 12.7. The quantitative estimate of drug-likeness (QED) is 0.802. The van der Waals surface area contributed by atoms with E-state index >= 15 is 0 Å². The molecule has 2 rings (SSSR count). The van der Waals surface area contributed by atoms with E-state index in [1.54, 1.807) is 0 Å². The van der Waals surface area contributed by atoms with Gasteiger partial charge < -0.3 is 10.2 Å². The molecule has 0 atom stereocenters. The molecule has 0 bridgehead atoms. The minimum atomic E-state index is -0.0733. The second-order valence-corrected chi connectivity index (χ2v) is 6.68. The second-order valence-electron chi connectivity index (χ2n) is 6.68. The van der Waals surface area contributed by atoms with Crippen molar-refractivity contribution in [3.05, 3.63) is 0 Å². The van der Waals surface area contributed by atoms with Crippen molar-refractivity contribution in [3.63, 3.8) is 0 Å². The van der Waals surface area contributed by atoms with Crippen molar-refractivity contribution < 1.29 is 4.79 Å². The topological polar surface area (TPSA) is 32.3 Å². The Labute approximate surface area is 118 Å². The Morgan fingerprint density at radius 1 is 1.21 bits per heavy atom. The molecule has 0 aromatic carbocycles. The third kappa shape index (κ3) is 3.50. The van der Waals surface area contributed by atoms with Gasteiger partial charge in [0.25, 0.3) is 0 Å². The maximum Gasteiger partial charge on any atom is 0.229 e. The summed E-state index contributed by atoms with van der Waals surface area (Å²) in [6, 6.07) is 0. The SMILES string of the molecule is CNCC1(C(=O)N(C)CCC2CCCCC2)CCC1. The molecule has 0 aromatic heterocycles. The average Bonchev–Trinajstić information content (AvgIpc) is 2.40. The van der Waals surface area contributed by atoms with E-state index in [-0.39, 0.29) is 5.41 Å². The highest BCUT2D eigenvalue weighted by Crippen LogP contribution is 2.42. The molecule has 0 spiro atoms. The van der Waals surface area contributed by atoms with Crippen molar-refractivity contribution in [2.24, 2.45) is 11.3 Å². The first-order valence-electron chi connectivity index (χ1n) is 8.08. The summed E-state index contributed by atoms with van der Waals surface area (Å²) in [5, 5.41) is 3.20. The normalized spacial score (nSPS) is 22.8. The van der Waals surface area contributed by atoms with Crippen molar-refractivity contribution in [2.75, 3.05) is 27.2 Å². The molecule has 0 aliphatic heterocycles. The number of amides is 1. The van der Waals surface area contributed by atoms with E-state index in [1.165, 1.54) is 44.9 Å². The van der Waals surface area contributed by atoms with Gasteiger partial charge >= 0.3 is 0 Å². The number of rotatable bonds is 6. The summed E-state index contributed by atoms with van der Waals surface area (Å²) in [6.07, 6.45) is 11.5. The van der Waals surface area contributed by atoms with Crippen LogP contribution in [0.15, 0.2) is 0 Å². The van der Waals surface area contributed by atoms with Crippen LogP contribution in [0.3, 0.4) is 0 Å². The van der Waals surface area contributed by atoms with Crippen LogP contribution in [-0.2, 0) is 4.79 Å². The smallest absolute Gasteiger partial charge is 0.229 e. The van der Waals surface area contributed by atoms with Crippen LogP contribution in [0, 0.1) is 11.3 Å². The van der Waals surface area contributed by atoms with E-state index in [0.717, 1.165) is 31.8 Å². The first-order valence-corrected chi connectivity index (χ1v) is 8.08. The number of hydrogen-bond acceptors (Lipinski definition) is 2. The molecule has 2 aliphatic carbocycles. The minimum absolute atomic E-state index is 0.0733. The molecule has 3 heteroatoms. The van der Waals surface area contributed by atoms with Gasteiger partial charge in [-0.25, -0.2) is 0 Å². The van der Waals surface area contributed by atoms with Gasteiger partial charge in [0.05, 0.1) is 5.41 Å². The molecule has 110 valence electrons. The fourth-order valence-electron chi connectivity index (χ4n) is 3.77. The van der Waals surface area contributed by atoms with Crippen molar-refractivity contribution in [1.29, 1.82) is 0 Å². The van der Waals surface area contributed by atoms with E-state index in [0.29, 0.717) is 5.91 Å². The maximum absolute atomic E-state index is 12.6. The summed E-state index contributed by atoms with van der Waals surface area (Å²) in [4.78, 5) is 14.6. The summed E-state index contributed by atoms with van der Waals surface area (Å²) in [5.41, 5.74) is -0.0733. The molecule has 3 nitrogen and oxygen atoms in total. The van der Waals surface area contributed by atoms with Crippen LogP contribution in [0.25, 0.3) is 0 Å². The van der Waals surface area contributed by atoms with Crippen LogP contribution >= 0.6 is 0 Å². The molecular formula is C16H30N2O. The average molecular weight is 266 g/mol. The molecule has 19 heavy (non-hydrogen) atoms. The summed E-state index contributed by atoms with van der Waals surface area (Å²) >= 11 is 0. The lowest BCUT2D eigenvalue weighted by Crippen LogP contribution is -2.51. The minimum Gasteiger partial charge on any atom is -0.345 e. The first kappa shape index (κ1) is 14.8. The zero-order chi connectivity index (χ0) is 13.7. The summed E-state index contributed by atoms with van der Waals surface area (Å²) < 4.78 is 0. The van der Waals surface area contributed by atoms with Crippen LogP contribution in [0.5, 0.6) is 0 Å². The van der Waals surface area contributed by atoms with Crippen molar-refractivity contribution in [2.45, 2.75) is 57.8 Å². The lowest BCUT2D eigenvalue weighted by Gasteiger charge is -2.43. The predicted octanol–water partition coefficient (Wildman–Crippen LogP) is 2.80. The lowest BCUT2D eigenvalue weighted by atomic mass is 9.67. The Morgan fingerprint density at radius 2 is 1.89 bits per heavy atom. The van der Waals surface area contributed by atoms with Gasteiger partial charge in [-0.3, -0.25) is 4.79 Å². The van der Waals surface area contributed by atoms with Gasteiger partial charge in [0.2, 0.25) is 5.91 Å². The molecule has 0 radical (unpaired) electrons. The lowest BCUT2D eigenvalue weighted by molar-refractivity contribution is -0.145. The third-order valence-electron chi connectivity index (χ3n) is 5.22. The number of hydrogen-bond donors (Lipinski definition) is 1. The van der Waals surface area contributed by atoms with Crippen LogP contribution in [0.4, 0.5) is 0 Å². The standard InChI is InChI=1S/C16H30N2O/c1-17-13-16(10-6-11-16)15(19)18(2)12-9-14-7-4-3-5-8-14/h14,17H,3-13H2,1-2H3. The molecule has 1 amide bonds. The highest BCUT2D eigenvalue weighted by molar-refractivity contribution is 5.83. The molecule has 1 N–H and O–H groups in total. The van der Waals surface area contributed by atoms with E-state index in [2.05, 4.69) is 5.32 Å². The summed E-state index contributed by atoms with van der Waals surface area (Å²) in [5.74, 6) is 1.24. The molecular weight excluding hydrogens is 236 g/mol. The molecule has 2 saturated carbocycles. The Bertz CT molecular complexity index is 293. The van der Waals surface area contributed by atoms with Crippen LogP contribution in [0.2, 0.25) is 0 Å². The Hall–Kier alpha value is -0.570. The molecule has 2 aliphatic rings. The number of nitrogens with zero attached hydrogens (tertiary/aromatic N) is 1. The number of carbonyl (C=O) groups is 1. The van der Waals surface area contributed by atoms with E-state index < -0.39 is 0 Å². The van der Waals surface area contributed by atoms with E-state index in [1.807, 2.05) is 19.0 Å². The summed E-state index contributed by atoms with van der Waals surface area (Å²) in [7, 11) is 3.95. The van der Waals surface area contributed by atoms with Gasteiger partial charge in [-0.15, -0.1) is 0 Å². The largest absolute Gasteiger partial charge is 0.345 e. The molecule has 0 unspecified atom stereocenters. The fourth-order valence-corrected chi connectivity index (χ4v) is 3.77. The predicted molar refractivity (Wildman–Crippen MR) is 79.0 cm³/mol. The van der Waals surface area contributed by atoms with Crippen LogP contribution in [0.1, 0.15) is 57.8 Å². The summed E-state index contributed by atoms with van der Waals surface area (Å²) in [6.45, 7) is 1.80. The van der Waals surface area contributed by atoms with Gasteiger partial charge in [0.1, 0.15) is 0 Å². The van der Waals surface area contributed by atoms with Gasteiger partial charge in [-0.2, -0.15) is 0 Å². The highest BCUT2D eigenvalue weighted by Gasteiger charge is 2.44. The molecule has 2 fully saturated rings. The fraction of sp³-hybridized carbons (Fsp3) is 0.938. The monoisotopic (exact) mass is 266 g/mol. The third-order valence-corrected chi connectivity index (χ3v) is 5.22. The van der Waals surface area contributed by atoms with E-state index in [9.17, 15) is 4.79 Å². The van der Waals surface area contributed by atoms with Crippen LogP contribution < -0.4 is 5.32 Å². The van der Waals surface area contributed by atoms with Gasteiger partial charge in [-0.05, 0) is 32.2 Å². The second kappa shape index (κ2) is 6.74. The van der Waals surface area contributed by atoms with Gasteiger partial charge in [0, 0.05) is 20.1 Å². The highest BCUT2D eigenvalue weighted by atomic mass is 16.2. The Morgan fingerprint density at radius 3 is 2.42 bits per heavy atom. The van der Waals surface area contributed by atoms with Crippen LogP contribution in [-0.4, -0.2) is 38.0 Å². The van der Waals surface area contributed by atoms with E-state index in [4.69, 9.17) is 0 Å². The maximum atomic E-state index is 12.6. The Kier molecular flexibility index (Phi) is 5.26. The van der Waals surface area contributed by atoms with Gasteiger partial charge in [-0.1, -0.05) is 38.5 Å². The zero-order valence-corrected chi connectivity index (χ0v) is 12.7. The number of carbonyl (C=O) groups excluding carboxylic acids is 1. The Balaban J connectivity index is 1.78. The number of nitrogens with one attached hydrogen (secondary N) is 1. The first-order chi connectivity index (χ1) is 9.18. The van der Waals surface area contributed by atoms with Gasteiger partial charge in [0.15, 0.2) is 0 Å². The van der Waals surface area contributed by atoms with Crippen molar-refractivity contribution in [3.8, 4) is 0 Å².